The van der Waals surface area contributed by atoms with Crippen molar-refractivity contribution in [3.05, 3.63) is 53.1 Å². The van der Waals surface area contributed by atoms with Gasteiger partial charge in [0.05, 0.1) is 25.6 Å². The molecule has 0 aromatic heterocycles. The molecule has 0 radical (unpaired) electrons. The van der Waals surface area contributed by atoms with Crippen LogP contribution in [0, 0.1) is 0 Å². The molecule has 1 atom stereocenters. The summed E-state index contributed by atoms with van der Waals surface area (Å²) in [5.74, 6) is 0.564. The monoisotopic (exact) mass is 410 g/mol. The molecule has 1 N–H and O–H groups in total. The standard InChI is InChI=1S/C18H19ClN2O5S/c1-25-14-5-3-4-12(8-14)10-20-18(22)17-11-21(27(2,23)24)15-9-13(19)6-7-16(15)26-17/h3-9,17H,10-11H2,1-2H3,(H,20,22). The first-order valence-corrected chi connectivity index (χ1v) is 10.3. The van der Waals surface area contributed by atoms with Gasteiger partial charge in [-0.05, 0) is 35.9 Å². The van der Waals surface area contributed by atoms with Crippen molar-refractivity contribution in [3.8, 4) is 11.5 Å². The van der Waals surface area contributed by atoms with Crippen LogP contribution in [0.15, 0.2) is 42.5 Å². The van der Waals surface area contributed by atoms with E-state index in [2.05, 4.69) is 5.32 Å². The quantitative estimate of drug-likeness (QED) is 0.816. The first-order chi connectivity index (χ1) is 12.8. The second-order valence-electron chi connectivity index (χ2n) is 6.08. The molecule has 2 aromatic rings. The highest BCUT2D eigenvalue weighted by atomic mass is 35.5. The highest BCUT2D eigenvalue weighted by molar-refractivity contribution is 7.92. The number of sulfonamides is 1. The average molecular weight is 411 g/mol. The molecule has 0 spiro atoms. The normalized spacial score (nSPS) is 16.3. The Morgan fingerprint density at radius 3 is 2.81 bits per heavy atom. The van der Waals surface area contributed by atoms with E-state index in [9.17, 15) is 13.2 Å². The van der Waals surface area contributed by atoms with Crippen molar-refractivity contribution in [2.24, 2.45) is 0 Å². The molecule has 1 unspecified atom stereocenters. The number of halogens is 1. The minimum absolute atomic E-state index is 0.129. The Morgan fingerprint density at radius 2 is 2.11 bits per heavy atom. The van der Waals surface area contributed by atoms with Gasteiger partial charge in [0.25, 0.3) is 5.91 Å². The number of methoxy groups -OCH3 is 1. The lowest BCUT2D eigenvalue weighted by Gasteiger charge is -2.34. The van der Waals surface area contributed by atoms with E-state index < -0.39 is 22.0 Å². The second kappa shape index (κ2) is 7.66. The maximum Gasteiger partial charge on any atom is 0.263 e. The third-order valence-electron chi connectivity index (χ3n) is 4.08. The first kappa shape index (κ1) is 19.3. The average Bonchev–Trinajstić information content (AvgIpc) is 2.64. The third kappa shape index (κ3) is 4.45. The van der Waals surface area contributed by atoms with Crippen molar-refractivity contribution in [1.29, 1.82) is 0 Å². The van der Waals surface area contributed by atoms with Gasteiger partial charge in [-0.3, -0.25) is 9.10 Å². The summed E-state index contributed by atoms with van der Waals surface area (Å²) in [6, 6.07) is 11.9. The summed E-state index contributed by atoms with van der Waals surface area (Å²) in [7, 11) is -2.03. The lowest BCUT2D eigenvalue weighted by molar-refractivity contribution is -0.127. The first-order valence-electron chi connectivity index (χ1n) is 8.12. The minimum atomic E-state index is -3.60. The molecule has 1 amide bonds. The van der Waals surface area contributed by atoms with Crippen LogP contribution in [-0.2, 0) is 21.4 Å². The van der Waals surface area contributed by atoms with Crippen LogP contribution in [0.5, 0.6) is 11.5 Å². The van der Waals surface area contributed by atoms with E-state index in [0.717, 1.165) is 16.1 Å². The van der Waals surface area contributed by atoms with E-state index >= 15 is 0 Å². The zero-order valence-electron chi connectivity index (χ0n) is 14.8. The Hall–Kier alpha value is -2.45. The van der Waals surface area contributed by atoms with Gasteiger partial charge in [-0.15, -0.1) is 0 Å². The third-order valence-corrected chi connectivity index (χ3v) is 5.47. The summed E-state index contributed by atoms with van der Waals surface area (Å²) < 4.78 is 36.3. The fraction of sp³-hybridized carbons (Fsp3) is 0.278. The van der Waals surface area contributed by atoms with E-state index in [-0.39, 0.29) is 18.8 Å². The molecular formula is C18H19ClN2O5S. The van der Waals surface area contributed by atoms with Gasteiger partial charge in [-0.25, -0.2) is 8.42 Å². The molecule has 27 heavy (non-hydrogen) atoms. The number of benzene rings is 2. The van der Waals surface area contributed by atoms with E-state index in [1.165, 1.54) is 6.07 Å². The van der Waals surface area contributed by atoms with Crippen molar-refractivity contribution in [2.75, 3.05) is 24.2 Å². The number of amides is 1. The van der Waals surface area contributed by atoms with Crippen molar-refractivity contribution in [3.63, 3.8) is 0 Å². The zero-order valence-corrected chi connectivity index (χ0v) is 16.4. The smallest absolute Gasteiger partial charge is 0.263 e. The predicted octanol–water partition coefficient (Wildman–Crippen LogP) is 2.19. The summed E-state index contributed by atoms with van der Waals surface area (Å²) in [6.45, 7) is 0.137. The summed E-state index contributed by atoms with van der Waals surface area (Å²) >= 11 is 5.97. The maximum atomic E-state index is 12.6. The van der Waals surface area contributed by atoms with Gasteiger partial charge in [0.1, 0.15) is 11.5 Å². The number of ether oxygens (including phenoxy) is 2. The van der Waals surface area contributed by atoms with Crippen LogP contribution in [0.4, 0.5) is 5.69 Å². The largest absolute Gasteiger partial charge is 0.497 e. The van der Waals surface area contributed by atoms with Gasteiger partial charge < -0.3 is 14.8 Å². The molecule has 7 nitrogen and oxygen atoms in total. The van der Waals surface area contributed by atoms with E-state index in [1.807, 2.05) is 24.3 Å². The van der Waals surface area contributed by atoms with Crippen LogP contribution in [0.1, 0.15) is 5.56 Å². The number of anilines is 1. The molecule has 1 aliphatic heterocycles. The second-order valence-corrected chi connectivity index (χ2v) is 8.43. The van der Waals surface area contributed by atoms with E-state index in [0.29, 0.717) is 16.5 Å². The van der Waals surface area contributed by atoms with Gasteiger partial charge in [0.2, 0.25) is 10.0 Å². The fourth-order valence-electron chi connectivity index (χ4n) is 2.76. The molecule has 0 aliphatic carbocycles. The minimum Gasteiger partial charge on any atom is -0.497 e. The SMILES string of the molecule is COc1cccc(CNC(=O)C2CN(S(C)(=O)=O)c3cc(Cl)ccc3O2)c1. The molecule has 0 saturated carbocycles. The Balaban J connectivity index is 1.76. The van der Waals surface area contributed by atoms with Crippen LogP contribution < -0.4 is 19.1 Å². The predicted molar refractivity (Wildman–Crippen MR) is 103 cm³/mol. The molecular weight excluding hydrogens is 392 g/mol. The number of nitrogens with one attached hydrogen (secondary N) is 1. The van der Waals surface area contributed by atoms with Crippen LogP contribution in [0.25, 0.3) is 0 Å². The Morgan fingerprint density at radius 1 is 1.33 bits per heavy atom. The number of carbonyl (C=O) groups excluding carboxylic acids is 1. The van der Waals surface area contributed by atoms with Crippen molar-refractivity contribution in [2.45, 2.75) is 12.6 Å². The van der Waals surface area contributed by atoms with Crippen molar-refractivity contribution < 1.29 is 22.7 Å². The lowest BCUT2D eigenvalue weighted by atomic mass is 10.2. The molecule has 1 aliphatic rings. The highest BCUT2D eigenvalue weighted by Gasteiger charge is 2.35. The Bertz CT molecular complexity index is 964. The zero-order chi connectivity index (χ0) is 19.6. The van der Waals surface area contributed by atoms with Gasteiger partial charge in [0.15, 0.2) is 6.10 Å². The van der Waals surface area contributed by atoms with E-state index in [1.54, 1.807) is 19.2 Å². The van der Waals surface area contributed by atoms with Crippen molar-refractivity contribution >= 4 is 33.2 Å². The summed E-state index contributed by atoms with van der Waals surface area (Å²) in [6.07, 6.45) is 0.104. The maximum absolute atomic E-state index is 12.6. The summed E-state index contributed by atoms with van der Waals surface area (Å²) in [5, 5.41) is 3.15. The lowest BCUT2D eigenvalue weighted by Crippen LogP contribution is -2.50. The van der Waals surface area contributed by atoms with Crippen LogP contribution in [0.3, 0.4) is 0 Å². The molecule has 0 saturated heterocycles. The Kier molecular flexibility index (Phi) is 5.48. The molecule has 144 valence electrons. The van der Waals surface area contributed by atoms with Gasteiger partial charge >= 0.3 is 0 Å². The Labute approximate surface area is 162 Å². The summed E-state index contributed by atoms with van der Waals surface area (Å²) in [5.41, 5.74) is 1.17. The molecule has 0 fully saturated rings. The van der Waals surface area contributed by atoms with Crippen LogP contribution in [-0.4, -0.2) is 40.3 Å². The summed E-state index contributed by atoms with van der Waals surface area (Å²) in [4.78, 5) is 12.6. The van der Waals surface area contributed by atoms with Crippen LogP contribution >= 0.6 is 11.6 Å². The van der Waals surface area contributed by atoms with Crippen LogP contribution in [0.2, 0.25) is 5.02 Å². The molecule has 3 rings (SSSR count). The number of carbonyl (C=O) groups is 1. The molecule has 0 bridgehead atoms. The topological polar surface area (TPSA) is 84.9 Å². The molecule has 2 aromatic carbocycles. The number of hydrogen-bond donors (Lipinski definition) is 1. The number of nitrogens with zero attached hydrogens (tertiary/aromatic N) is 1. The van der Waals surface area contributed by atoms with Gasteiger partial charge in [-0.1, -0.05) is 23.7 Å². The molecule has 9 heteroatoms. The van der Waals surface area contributed by atoms with Gasteiger partial charge in [0, 0.05) is 11.6 Å². The number of fused-ring (bicyclic) bond motifs is 1. The number of rotatable bonds is 5. The highest BCUT2D eigenvalue weighted by Crippen LogP contribution is 2.37. The van der Waals surface area contributed by atoms with E-state index in [4.69, 9.17) is 21.1 Å². The number of hydrogen-bond acceptors (Lipinski definition) is 5. The van der Waals surface area contributed by atoms with Crippen molar-refractivity contribution in [1.82, 2.24) is 5.32 Å². The molecule has 1 heterocycles. The van der Waals surface area contributed by atoms with Gasteiger partial charge in [-0.2, -0.15) is 0 Å². The fourth-order valence-corrected chi connectivity index (χ4v) is 3.83.